The molecule has 1 amide bonds. The summed E-state index contributed by atoms with van der Waals surface area (Å²) in [6.45, 7) is -0.109. The number of amides is 1. The fourth-order valence-corrected chi connectivity index (χ4v) is 5.05. The fraction of sp³-hybridized carbons (Fsp3) is 0.321. The number of aromatic nitrogens is 3. The van der Waals surface area contributed by atoms with Crippen LogP contribution in [0.2, 0.25) is 5.02 Å². The highest BCUT2D eigenvalue weighted by atomic mass is 35.5. The van der Waals surface area contributed by atoms with E-state index in [1.165, 1.54) is 12.1 Å². The van der Waals surface area contributed by atoms with Crippen LogP contribution < -0.4 is 15.4 Å². The number of rotatable bonds is 9. The van der Waals surface area contributed by atoms with E-state index >= 15 is 0 Å². The highest BCUT2D eigenvalue weighted by Crippen LogP contribution is 2.29. The lowest BCUT2D eigenvalue weighted by Gasteiger charge is -2.25. The summed E-state index contributed by atoms with van der Waals surface area (Å²) < 4.78 is 31.2. The number of benzene rings is 2. The van der Waals surface area contributed by atoms with Crippen LogP contribution >= 0.6 is 24.0 Å². The molecule has 0 spiro atoms. The Labute approximate surface area is 242 Å². The van der Waals surface area contributed by atoms with E-state index in [4.69, 9.17) is 11.6 Å². The Bertz CT molecular complexity index is 1440. The second kappa shape index (κ2) is 13.3. The number of nitrogens with one attached hydrogen (secondary N) is 2. The fourth-order valence-electron chi connectivity index (χ4n) is 4.78. The zero-order valence-electron chi connectivity index (χ0n) is 21.8. The predicted molar refractivity (Wildman–Crippen MR) is 154 cm³/mol. The topological polar surface area (TPSA) is 83.8 Å². The number of nitrogens with zero attached hydrogens (tertiary/aromatic N) is 4. The van der Waals surface area contributed by atoms with Gasteiger partial charge < -0.3 is 20.3 Å². The van der Waals surface area contributed by atoms with Crippen molar-refractivity contribution in [3.8, 4) is 17.0 Å². The number of alkyl halides is 2. The molecule has 1 aliphatic rings. The number of piperidine rings is 1. The van der Waals surface area contributed by atoms with Crippen LogP contribution in [0.25, 0.3) is 16.9 Å². The molecule has 5 rings (SSSR count). The average Bonchev–Trinajstić information content (AvgIpc) is 3.37. The molecule has 12 heteroatoms. The highest BCUT2D eigenvalue weighted by molar-refractivity contribution is 6.34. The van der Waals surface area contributed by atoms with Gasteiger partial charge in [0.05, 0.1) is 22.5 Å². The minimum Gasteiger partial charge on any atom is -0.435 e. The molecule has 4 aromatic rings. The maximum Gasteiger partial charge on any atom is 0.387 e. The predicted octanol–water partition coefficient (Wildman–Crippen LogP) is 6.28. The van der Waals surface area contributed by atoms with Gasteiger partial charge in [-0.05, 0) is 80.7 Å². The van der Waals surface area contributed by atoms with E-state index in [0.717, 1.165) is 43.6 Å². The molecule has 0 unspecified atom stereocenters. The average molecular weight is 591 g/mol. The third-order valence-electron chi connectivity index (χ3n) is 6.94. The van der Waals surface area contributed by atoms with Gasteiger partial charge in [-0.15, -0.1) is 12.4 Å². The summed E-state index contributed by atoms with van der Waals surface area (Å²) >= 11 is 6.54. The summed E-state index contributed by atoms with van der Waals surface area (Å²) in [7, 11) is 1.81. The lowest BCUT2D eigenvalue weighted by atomic mass is 9.94. The van der Waals surface area contributed by atoms with Crippen molar-refractivity contribution < 1.29 is 18.3 Å². The van der Waals surface area contributed by atoms with Crippen molar-refractivity contribution in [1.29, 1.82) is 0 Å². The smallest absolute Gasteiger partial charge is 0.387 e. The Kier molecular flexibility index (Phi) is 9.78. The normalized spacial score (nSPS) is 13.7. The first kappa shape index (κ1) is 29.5. The summed E-state index contributed by atoms with van der Waals surface area (Å²) in [5, 5.41) is 6.95. The van der Waals surface area contributed by atoms with Crippen LogP contribution in [0.5, 0.6) is 5.75 Å². The first-order valence-corrected chi connectivity index (χ1v) is 13.2. The molecule has 0 aliphatic carbocycles. The van der Waals surface area contributed by atoms with Gasteiger partial charge in [-0.1, -0.05) is 11.6 Å². The van der Waals surface area contributed by atoms with Crippen molar-refractivity contribution in [1.82, 2.24) is 24.6 Å². The molecule has 1 aliphatic heterocycles. The molecule has 0 atom stereocenters. The number of hydrogen-bond acceptors (Lipinski definition) is 6. The number of ether oxygens (including phenoxy) is 1. The lowest BCUT2D eigenvalue weighted by Crippen LogP contribution is -2.32. The molecule has 3 heterocycles. The second-order valence-electron chi connectivity index (χ2n) is 9.54. The molecule has 1 fully saturated rings. The maximum absolute atomic E-state index is 13.0. The van der Waals surface area contributed by atoms with E-state index < -0.39 is 6.61 Å². The molecular formula is C28H30Cl2F2N6O2. The maximum atomic E-state index is 13.0. The van der Waals surface area contributed by atoms with Gasteiger partial charge in [0.15, 0.2) is 11.5 Å². The molecule has 0 bridgehead atoms. The van der Waals surface area contributed by atoms with E-state index in [-0.39, 0.29) is 24.1 Å². The molecule has 0 saturated carbocycles. The Morgan fingerprint density at radius 2 is 1.95 bits per heavy atom. The van der Waals surface area contributed by atoms with Crippen molar-refractivity contribution in [3.63, 3.8) is 0 Å². The quantitative estimate of drug-likeness (QED) is 0.239. The van der Waals surface area contributed by atoms with E-state index in [0.29, 0.717) is 40.2 Å². The SMILES string of the molecule is CN(CCC1CCNCC1)C(=O)c1ccc(Nc2nccn3c(-c4ccc(OC(F)F)cc4)cnc23)cc1Cl.Cl. The summed E-state index contributed by atoms with van der Waals surface area (Å²) in [5.41, 5.74) is 3.20. The molecule has 0 radical (unpaired) electrons. The second-order valence-corrected chi connectivity index (χ2v) is 9.95. The Balaban J connectivity index is 0.00000370. The molecule has 1 saturated heterocycles. The Morgan fingerprint density at radius 1 is 1.20 bits per heavy atom. The minimum absolute atomic E-state index is 0. The van der Waals surface area contributed by atoms with Gasteiger partial charge in [0, 0.05) is 37.2 Å². The molecule has 2 N–H and O–H groups in total. The zero-order valence-corrected chi connectivity index (χ0v) is 23.4. The largest absolute Gasteiger partial charge is 0.435 e. The van der Waals surface area contributed by atoms with Crippen molar-refractivity contribution in [3.05, 3.63) is 71.6 Å². The van der Waals surface area contributed by atoms with Crippen LogP contribution in [-0.4, -0.2) is 58.5 Å². The molecule has 212 valence electrons. The number of carbonyl (C=O) groups excluding carboxylic acids is 1. The number of anilines is 2. The van der Waals surface area contributed by atoms with Crippen LogP contribution in [0.3, 0.4) is 0 Å². The zero-order chi connectivity index (χ0) is 27.4. The van der Waals surface area contributed by atoms with Crippen molar-refractivity contribution in [2.24, 2.45) is 5.92 Å². The van der Waals surface area contributed by atoms with Crippen molar-refractivity contribution >= 4 is 47.1 Å². The van der Waals surface area contributed by atoms with Crippen LogP contribution in [0, 0.1) is 5.92 Å². The highest BCUT2D eigenvalue weighted by Gasteiger charge is 2.19. The van der Waals surface area contributed by atoms with Crippen LogP contribution in [0.15, 0.2) is 61.1 Å². The minimum atomic E-state index is -2.88. The number of carbonyl (C=O) groups is 1. The molecule has 2 aromatic heterocycles. The molecule has 8 nitrogen and oxygen atoms in total. The van der Waals surface area contributed by atoms with Gasteiger partial charge in [-0.25, -0.2) is 9.97 Å². The summed E-state index contributed by atoms with van der Waals surface area (Å²) in [6.07, 6.45) is 8.35. The summed E-state index contributed by atoms with van der Waals surface area (Å²) in [5.74, 6) is 1.11. The standard InChI is InChI=1S/C28H29ClF2N6O2.ClH/c1-36(14-10-18-8-11-32-12-9-18)27(38)22-7-4-20(16-23(22)29)35-25-26-34-17-24(37(26)15-13-33-25)19-2-5-21(6-3-19)39-28(30)31;/h2-7,13,15-18,28,32H,8-12,14H2,1H3,(H,33,35);1H. The van der Waals surface area contributed by atoms with Crippen molar-refractivity contribution in [2.45, 2.75) is 25.9 Å². The lowest BCUT2D eigenvalue weighted by molar-refractivity contribution is -0.0498. The molecule has 2 aromatic carbocycles. The van der Waals surface area contributed by atoms with Gasteiger partial charge in [0.1, 0.15) is 5.75 Å². The first-order valence-electron chi connectivity index (χ1n) is 12.8. The van der Waals surface area contributed by atoms with E-state index in [9.17, 15) is 13.6 Å². The molecule has 40 heavy (non-hydrogen) atoms. The van der Waals surface area contributed by atoms with Gasteiger partial charge in [0.2, 0.25) is 0 Å². The summed E-state index contributed by atoms with van der Waals surface area (Å²) in [6, 6.07) is 11.5. The van der Waals surface area contributed by atoms with Gasteiger partial charge in [0.25, 0.3) is 5.91 Å². The third kappa shape index (κ3) is 6.80. The number of hydrogen-bond donors (Lipinski definition) is 2. The third-order valence-corrected chi connectivity index (χ3v) is 7.26. The van der Waals surface area contributed by atoms with E-state index in [1.54, 1.807) is 53.8 Å². The number of fused-ring (bicyclic) bond motifs is 1. The monoisotopic (exact) mass is 590 g/mol. The summed E-state index contributed by atoms with van der Waals surface area (Å²) in [4.78, 5) is 23.7. The van der Waals surface area contributed by atoms with Crippen molar-refractivity contribution in [2.75, 3.05) is 32.0 Å². The van der Waals surface area contributed by atoms with Crippen LogP contribution in [-0.2, 0) is 0 Å². The van der Waals surface area contributed by atoms with E-state index in [2.05, 4.69) is 25.3 Å². The van der Waals surface area contributed by atoms with E-state index in [1.807, 2.05) is 11.4 Å². The number of halogens is 4. The van der Waals surface area contributed by atoms with Gasteiger partial charge in [-0.2, -0.15) is 8.78 Å². The number of imidazole rings is 1. The van der Waals surface area contributed by atoms with Crippen LogP contribution in [0.1, 0.15) is 29.6 Å². The first-order chi connectivity index (χ1) is 18.9. The van der Waals surface area contributed by atoms with Gasteiger partial charge in [-0.3, -0.25) is 9.20 Å². The molecular weight excluding hydrogens is 561 g/mol. The van der Waals surface area contributed by atoms with Crippen LogP contribution in [0.4, 0.5) is 20.3 Å². The Morgan fingerprint density at radius 3 is 2.65 bits per heavy atom. The van der Waals surface area contributed by atoms with Gasteiger partial charge >= 0.3 is 6.61 Å². The Hall–Kier alpha value is -3.47.